The molecule has 2 aliphatic heterocycles. The van der Waals surface area contributed by atoms with Crippen LogP contribution in [0.25, 0.3) is 10.9 Å². The van der Waals surface area contributed by atoms with Gasteiger partial charge in [0, 0.05) is 60.9 Å². The Morgan fingerprint density at radius 3 is 2.14 bits per heavy atom. The lowest BCUT2D eigenvalue weighted by atomic mass is 9.81. The maximum absolute atomic E-state index is 13.5. The van der Waals surface area contributed by atoms with Gasteiger partial charge >= 0.3 is 0 Å². The van der Waals surface area contributed by atoms with Gasteiger partial charge in [-0.1, -0.05) is 41.5 Å². The van der Waals surface area contributed by atoms with Gasteiger partial charge in [-0.3, -0.25) is 19.3 Å². The minimum absolute atomic E-state index is 0.00640. The maximum Gasteiger partial charge on any atom is 0.253 e. The van der Waals surface area contributed by atoms with Crippen molar-refractivity contribution in [3.63, 3.8) is 0 Å². The first kappa shape index (κ1) is 30.5. The fourth-order valence-corrected chi connectivity index (χ4v) is 7.63. The number of hydrogen-bond donors (Lipinski definition) is 2. The minimum atomic E-state index is -0.230. The molecule has 1 aromatic heterocycles. The zero-order valence-corrected chi connectivity index (χ0v) is 26.8. The lowest BCUT2D eigenvalue weighted by Crippen LogP contribution is -2.51. The molecule has 3 aliphatic rings. The van der Waals surface area contributed by atoms with Crippen LogP contribution in [0.4, 0.5) is 5.69 Å². The first-order valence-electron chi connectivity index (χ1n) is 15.3. The third-order valence-corrected chi connectivity index (χ3v) is 9.72. The van der Waals surface area contributed by atoms with Crippen molar-refractivity contribution in [1.82, 2.24) is 14.8 Å². The number of amides is 3. The molecular formula is C33H46N4O4S. The third-order valence-electron chi connectivity index (χ3n) is 8.55. The van der Waals surface area contributed by atoms with Crippen LogP contribution in [0.15, 0.2) is 29.3 Å². The predicted octanol–water partition coefficient (Wildman–Crippen LogP) is 5.73. The largest absolute Gasteiger partial charge is 0.506 e. The van der Waals surface area contributed by atoms with Crippen molar-refractivity contribution in [3.8, 4) is 5.75 Å². The topological polar surface area (TPSA) is 97.0 Å². The summed E-state index contributed by atoms with van der Waals surface area (Å²) < 4.78 is 0.0427. The number of anilines is 1. The molecule has 9 heteroatoms. The number of carbonyl (C=O) groups excluding carboxylic acids is 3. The number of nitrogens with one attached hydrogen (secondary N) is 1. The van der Waals surface area contributed by atoms with Gasteiger partial charge in [-0.25, -0.2) is 0 Å². The second-order valence-corrected chi connectivity index (χ2v) is 16.2. The smallest absolute Gasteiger partial charge is 0.253 e. The number of fused-ring (bicyclic) bond motifs is 1. The van der Waals surface area contributed by atoms with Gasteiger partial charge in [0.05, 0.1) is 10.5 Å². The molecule has 0 bridgehead atoms. The zero-order chi connectivity index (χ0) is 30.4. The Kier molecular flexibility index (Phi) is 8.45. The van der Waals surface area contributed by atoms with E-state index in [4.69, 9.17) is 0 Å². The second-order valence-electron chi connectivity index (χ2n) is 14.4. The Bertz CT molecular complexity index is 1370. The third kappa shape index (κ3) is 6.66. The molecule has 0 radical (unpaired) electrons. The number of imide groups is 1. The van der Waals surface area contributed by atoms with Gasteiger partial charge in [0.15, 0.2) is 0 Å². The monoisotopic (exact) mass is 594 g/mol. The van der Waals surface area contributed by atoms with Crippen molar-refractivity contribution >= 4 is 46.1 Å². The van der Waals surface area contributed by atoms with Gasteiger partial charge in [0.2, 0.25) is 5.91 Å². The predicted molar refractivity (Wildman–Crippen MR) is 169 cm³/mol. The molecule has 8 nitrogen and oxygen atoms in total. The first-order chi connectivity index (χ1) is 19.7. The van der Waals surface area contributed by atoms with Gasteiger partial charge in [-0.05, 0) is 61.1 Å². The van der Waals surface area contributed by atoms with E-state index in [9.17, 15) is 19.5 Å². The van der Waals surface area contributed by atoms with Crippen LogP contribution >= 0.6 is 11.8 Å². The van der Waals surface area contributed by atoms with E-state index in [1.54, 1.807) is 0 Å². The van der Waals surface area contributed by atoms with Crippen LogP contribution in [0.2, 0.25) is 0 Å². The number of carbonyl (C=O) groups is 3. The lowest BCUT2D eigenvalue weighted by Gasteiger charge is -2.39. The molecule has 2 N–H and O–H groups in total. The van der Waals surface area contributed by atoms with Gasteiger partial charge in [0.25, 0.3) is 11.8 Å². The highest BCUT2D eigenvalue weighted by molar-refractivity contribution is 8.00. The molecule has 5 rings (SSSR count). The highest BCUT2D eigenvalue weighted by Gasteiger charge is 2.34. The summed E-state index contributed by atoms with van der Waals surface area (Å²) >= 11 is 1.84. The van der Waals surface area contributed by atoms with Gasteiger partial charge < -0.3 is 19.9 Å². The highest BCUT2D eigenvalue weighted by atomic mass is 32.2. The molecule has 0 spiro atoms. The van der Waals surface area contributed by atoms with Crippen LogP contribution < -0.4 is 4.90 Å². The van der Waals surface area contributed by atoms with E-state index in [0.717, 1.165) is 48.7 Å². The maximum atomic E-state index is 13.5. The van der Waals surface area contributed by atoms with Crippen molar-refractivity contribution < 1.29 is 19.5 Å². The summed E-state index contributed by atoms with van der Waals surface area (Å²) in [4.78, 5) is 46.5. The minimum Gasteiger partial charge on any atom is -0.506 e. The quantitative estimate of drug-likeness (QED) is 0.328. The average molecular weight is 595 g/mol. The Labute approximate surface area is 253 Å². The summed E-state index contributed by atoms with van der Waals surface area (Å²) in [5.74, 6) is 0.266. The van der Waals surface area contributed by atoms with Crippen molar-refractivity contribution in [2.75, 3.05) is 37.6 Å². The summed E-state index contributed by atoms with van der Waals surface area (Å²) in [5.41, 5.74) is 3.23. The van der Waals surface area contributed by atoms with E-state index >= 15 is 0 Å². The number of aromatic nitrogens is 1. The van der Waals surface area contributed by atoms with Crippen LogP contribution in [0.5, 0.6) is 5.75 Å². The van der Waals surface area contributed by atoms with Gasteiger partial charge in [0.1, 0.15) is 11.4 Å². The zero-order valence-electron chi connectivity index (χ0n) is 26.0. The molecule has 2 aromatic rings. The van der Waals surface area contributed by atoms with E-state index in [1.807, 2.05) is 28.8 Å². The van der Waals surface area contributed by atoms with Crippen molar-refractivity contribution in [3.05, 3.63) is 29.8 Å². The normalized spacial score (nSPS) is 22.1. The van der Waals surface area contributed by atoms with Crippen LogP contribution in [0.1, 0.15) is 72.8 Å². The second kappa shape index (κ2) is 11.6. The number of benzene rings is 1. The number of hydrogen-bond acceptors (Lipinski definition) is 6. The number of thioether (sulfide) groups is 1. The lowest BCUT2D eigenvalue weighted by molar-refractivity contribution is -0.140. The summed E-state index contributed by atoms with van der Waals surface area (Å²) in [5, 5.41) is 13.4. The number of aromatic amines is 1. The van der Waals surface area contributed by atoms with Crippen LogP contribution in [0.3, 0.4) is 0 Å². The Morgan fingerprint density at radius 2 is 1.57 bits per heavy atom. The van der Waals surface area contributed by atoms with Crippen molar-refractivity contribution in [1.29, 1.82) is 0 Å². The summed E-state index contributed by atoms with van der Waals surface area (Å²) in [6, 6.07) is 3.86. The van der Waals surface area contributed by atoms with Crippen LogP contribution in [-0.2, 0) is 20.8 Å². The summed E-state index contributed by atoms with van der Waals surface area (Å²) in [6.07, 6.45) is 6.89. The average Bonchev–Trinajstić information content (AvgIpc) is 3.40. The molecule has 228 valence electrons. The van der Waals surface area contributed by atoms with Crippen molar-refractivity contribution in [2.45, 2.75) is 83.4 Å². The Balaban J connectivity index is 1.25. The molecule has 1 saturated heterocycles. The van der Waals surface area contributed by atoms with E-state index in [1.165, 1.54) is 27.6 Å². The molecular weight excluding hydrogens is 548 g/mol. The molecule has 2 fully saturated rings. The number of phenols is 1. The van der Waals surface area contributed by atoms with E-state index < -0.39 is 0 Å². The summed E-state index contributed by atoms with van der Waals surface area (Å²) in [7, 11) is 0. The van der Waals surface area contributed by atoms with Crippen molar-refractivity contribution in [2.24, 2.45) is 17.3 Å². The standard InChI is InChI=1S/C33H46N4O4S/c1-32(2,3)19-24-23-11-12-25(38)29(28(23)34-30(24)42-33(4,5)6)35-15-17-36(18-16-35)31(41)22-9-7-21(8-10-22)20-37-26(39)13-14-27(37)40/h11-14,21-22,34,38H,7-10,15-20H2,1-6H3. The number of rotatable bonds is 6. The molecule has 1 aliphatic carbocycles. The molecule has 1 saturated carbocycles. The fraction of sp³-hybridized carbons (Fsp3) is 0.606. The van der Waals surface area contributed by atoms with Gasteiger partial charge in [-0.2, -0.15) is 0 Å². The molecule has 42 heavy (non-hydrogen) atoms. The number of H-pyrrole nitrogens is 1. The van der Waals surface area contributed by atoms with E-state index in [2.05, 4.69) is 51.4 Å². The molecule has 3 heterocycles. The highest BCUT2D eigenvalue weighted by Crippen LogP contribution is 2.44. The Morgan fingerprint density at radius 1 is 0.952 bits per heavy atom. The first-order valence-corrected chi connectivity index (χ1v) is 16.1. The molecule has 3 amide bonds. The van der Waals surface area contributed by atoms with Gasteiger partial charge in [-0.15, -0.1) is 11.8 Å². The Hall–Kier alpha value is -2.94. The van der Waals surface area contributed by atoms with Crippen LogP contribution in [0, 0.1) is 17.3 Å². The molecule has 0 unspecified atom stereocenters. The fourth-order valence-electron chi connectivity index (χ4n) is 6.56. The number of aromatic hydroxyl groups is 1. The molecule has 0 atom stereocenters. The van der Waals surface area contributed by atoms with Crippen LogP contribution in [-0.4, -0.2) is 75.1 Å². The number of phenolic OH excluding ortho intramolecular Hbond substituents is 1. The summed E-state index contributed by atoms with van der Waals surface area (Å²) in [6.45, 7) is 16.5. The number of piperazine rings is 1. The van der Waals surface area contributed by atoms with E-state index in [-0.39, 0.29) is 45.5 Å². The molecule has 1 aromatic carbocycles. The number of nitrogens with zero attached hydrogens (tertiary/aromatic N) is 3. The van der Waals surface area contributed by atoms with E-state index in [0.29, 0.717) is 32.7 Å². The SMILES string of the molecule is CC(C)(C)Cc1c(SC(C)(C)C)[nH]c2c(N3CCN(C(=O)C4CCC(CN5C(=O)C=CC5=O)CC4)CC3)c(O)ccc12.